The monoisotopic (exact) mass is 336 g/mol. The average Bonchev–Trinajstić information content (AvgIpc) is 3.05. The molecule has 2 unspecified atom stereocenters. The number of hydrazine groups is 1. The number of nitrogens with one attached hydrogen (secondary N) is 2. The molecule has 0 bridgehead atoms. The van der Waals surface area contributed by atoms with Gasteiger partial charge in [0.15, 0.2) is 0 Å². The number of hydrogen-bond donors (Lipinski definition) is 3. The molecule has 0 aromatic heterocycles. The normalized spacial score (nSPS) is 25.5. The highest BCUT2D eigenvalue weighted by Gasteiger charge is 2.34. The van der Waals surface area contributed by atoms with Gasteiger partial charge in [-0.2, -0.15) is 0 Å². The van der Waals surface area contributed by atoms with Gasteiger partial charge in [0.25, 0.3) is 0 Å². The molecule has 3 rings (SSSR count). The number of piperidine rings is 1. The molecular weight excluding hydrogens is 316 g/mol. The van der Waals surface area contributed by atoms with E-state index in [2.05, 4.69) is 10.9 Å². The first-order valence-electron chi connectivity index (χ1n) is 7.89. The van der Waals surface area contributed by atoms with Gasteiger partial charge < -0.3 is 10.6 Å². The molecule has 2 atom stereocenters. The van der Waals surface area contributed by atoms with Gasteiger partial charge in [-0.05, 0) is 37.0 Å². The first-order valence-corrected chi connectivity index (χ1v) is 8.27. The lowest BCUT2D eigenvalue weighted by Gasteiger charge is -2.32. The third-order valence-electron chi connectivity index (χ3n) is 4.68. The lowest BCUT2D eigenvalue weighted by atomic mass is 9.95. The second kappa shape index (κ2) is 6.86. The quantitative estimate of drug-likeness (QED) is 0.767. The largest absolute Gasteiger partial charge is 0.369 e. The van der Waals surface area contributed by atoms with Crippen molar-refractivity contribution in [2.45, 2.75) is 31.3 Å². The minimum absolute atomic E-state index is 0.0804. The number of primary amides is 1. The maximum absolute atomic E-state index is 12.6. The summed E-state index contributed by atoms with van der Waals surface area (Å²) < 4.78 is 0. The minimum Gasteiger partial charge on any atom is -0.369 e. The molecule has 0 radical (unpaired) electrons. The predicted molar refractivity (Wildman–Crippen MR) is 87.4 cm³/mol. The van der Waals surface area contributed by atoms with Gasteiger partial charge in [-0.15, -0.1) is 0 Å². The van der Waals surface area contributed by atoms with Crippen LogP contribution in [-0.4, -0.2) is 35.8 Å². The molecule has 0 saturated carbocycles. The van der Waals surface area contributed by atoms with Gasteiger partial charge in [0.1, 0.15) is 6.04 Å². The van der Waals surface area contributed by atoms with Crippen LogP contribution in [0.25, 0.3) is 0 Å². The van der Waals surface area contributed by atoms with E-state index >= 15 is 0 Å². The van der Waals surface area contributed by atoms with Crippen LogP contribution in [0.4, 0.5) is 0 Å². The summed E-state index contributed by atoms with van der Waals surface area (Å²) in [5.41, 5.74) is 12.7. The van der Waals surface area contributed by atoms with Crippen molar-refractivity contribution in [3.63, 3.8) is 0 Å². The van der Waals surface area contributed by atoms with E-state index in [0.29, 0.717) is 37.4 Å². The van der Waals surface area contributed by atoms with E-state index in [0.717, 1.165) is 5.56 Å². The van der Waals surface area contributed by atoms with Crippen LogP contribution in [0.3, 0.4) is 0 Å². The van der Waals surface area contributed by atoms with E-state index in [4.69, 9.17) is 17.3 Å². The molecule has 124 valence electrons. The predicted octanol–water partition coefficient (Wildman–Crippen LogP) is 0.971. The second-order valence-corrected chi connectivity index (χ2v) is 6.62. The van der Waals surface area contributed by atoms with Crippen molar-refractivity contribution in [1.29, 1.82) is 0 Å². The number of nitrogens with zero attached hydrogens (tertiary/aromatic N) is 1. The summed E-state index contributed by atoms with van der Waals surface area (Å²) in [4.78, 5) is 25.6. The summed E-state index contributed by atoms with van der Waals surface area (Å²) in [7, 11) is 0. The molecule has 7 heteroatoms. The van der Waals surface area contributed by atoms with Crippen molar-refractivity contribution in [2.75, 3.05) is 13.1 Å². The molecule has 2 heterocycles. The van der Waals surface area contributed by atoms with E-state index in [1.165, 1.54) is 0 Å². The highest BCUT2D eigenvalue weighted by atomic mass is 35.5. The van der Waals surface area contributed by atoms with Crippen molar-refractivity contribution in [3.8, 4) is 0 Å². The second-order valence-electron chi connectivity index (χ2n) is 6.18. The van der Waals surface area contributed by atoms with Crippen molar-refractivity contribution >= 4 is 23.4 Å². The third kappa shape index (κ3) is 3.65. The number of rotatable bonds is 3. The van der Waals surface area contributed by atoms with Gasteiger partial charge in [0, 0.05) is 30.1 Å². The number of carbonyl (C=O) groups is 2. The average molecular weight is 337 g/mol. The Kier molecular flexibility index (Phi) is 4.84. The van der Waals surface area contributed by atoms with Crippen LogP contribution in [0.1, 0.15) is 30.9 Å². The number of hydrogen-bond acceptors (Lipinski definition) is 4. The molecule has 2 saturated heterocycles. The van der Waals surface area contributed by atoms with Crippen LogP contribution in [0.15, 0.2) is 24.3 Å². The summed E-state index contributed by atoms with van der Waals surface area (Å²) in [5, 5.41) is 0.699. The number of likely N-dealkylation sites (tertiary alicyclic amines) is 1. The fraction of sp³-hybridized carbons (Fsp3) is 0.500. The first-order chi connectivity index (χ1) is 11.0. The van der Waals surface area contributed by atoms with E-state index in [-0.39, 0.29) is 29.8 Å². The number of benzene rings is 1. The fourth-order valence-electron chi connectivity index (χ4n) is 3.24. The maximum atomic E-state index is 12.6. The van der Waals surface area contributed by atoms with E-state index < -0.39 is 0 Å². The highest BCUT2D eigenvalue weighted by Crippen LogP contribution is 2.25. The Hall–Kier alpha value is -1.63. The van der Waals surface area contributed by atoms with Crippen molar-refractivity contribution in [1.82, 2.24) is 15.8 Å². The van der Waals surface area contributed by atoms with Crippen molar-refractivity contribution in [2.24, 2.45) is 11.7 Å². The van der Waals surface area contributed by atoms with Crippen LogP contribution in [0, 0.1) is 5.92 Å². The van der Waals surface area contributed by atoms with E-state index in [1.807, 2.05) is 29.2 Å². The lowest BCUT2D eigenvalue weighted by Crippen LogP contribution is -2.49. The Morgan fingerprint density at radius 1 is 1.13 bits per heavy atom. The molecular formula is C16H21ClN4O2. The van der Waals surface area contributed by atoms with Crippen LogP contribution in [-0.2, 0) is 9.59 Å². The molecule has 23 heavy (non-hydrogen) atoms. The summed E-state index contributed by atoms with van der Waals surface area (Å²) in [6.45, 7) is 1.19. The van der Waals surface area contributed by atoms with Crippen molar-refractivity contribution < 1.29 is 9.59 Å². The molecule has 6 nitrogen and oxygen atoms in total. The van der Waals surface area contributed by atoms with Crippen molar-refractivity contribution in [3.05, 3.63) is 34.9 Å². The van der Waals surface area contributed by atoms with Crippen LogP contribution < -0.4 is 16.6 Å². The Morgan fingerprint density at radius 3 is 2.39 bits per heavy atom. The molecule has 0 spiro atoms. The number of amides is 2. The smallest absolute Gasteiger partial charge is 0.241 e. The SMILES string of the molecule is NC(=O)C1CCN(C(=O)C2CC(c3ccc(Cl)cc3)NN2)CC1. The lowest BCUT2D eigenvalue weighted by molar-refractivity contribution is -0.136. The summed E-state index contributed by atoms with van der Waals surface area (Å²) in [6.07, 6.45) is 2.00. The number of nitrogens with two attached hydrogens (primary N) is 1. The summed E-state index contributed by atoms with van der Waals surface area (Å²) in [6, 6.07) is 7.47. The topological polar surface area (TPSA) is 87.5 Å². The molecule has 2 amide bonds. The molecule has 0 aliphatic carbocycles. The number of carbonyl (C=O) groups excluding carboxylic acids is 2. The molecule has 1 aromatic carbocycles. The standard InChI is InChI=1S/C16H21ClN4O2/c17-12-3-1-10(2-4-12)13-9-14(20-19-13)16(23)21-7-5-11(6-8-21)15(18)22/h1-4,11,13-14,19-20H,5-9H2,(H2,18,22). The zero-order valence-electron chi connectivity index (χ0n) is 12.8. The van der Waals surface area contributed by atoms with Gasteiger partial charge in [-0.3, -0.25) is 9.59 Å². The van der Waals surface area contributed by atoms with Gasteiger partial charge in [-0.1, -0.05) is 23.7 Å². The zero-order chi connectivity index (χ0) is 16.4. The summed E-state index contributed by atoms with van der Waals surface area (Å²) in [5.74, 6) is -0.284. The Balaban J connectivity index is 1.55. The first kappa shape index (κ1) is 16.2. The van der Waals surface area contributed by atoms with Gasteiger partial charge >= 0.3 is 0 Å². The Morgan fingerprint density at radius 2 is 1.78 bits per heavy atom. The van der Waals surface area contributed by atoms with Crippen LogP contribution in [0.2, 0.25) is 5.02 Å². The van der Waals surface area contributed by atoms with Gasteiger partial charge in [-0.25, -0.2) is 10.9 Å². The molecule has 2 aliphatic rings. The number of halogens is 1. The molecule has 4 N–H and O–H groups in total. The summed E-state index contributed by atoms with van der Waals surface area (Å²) >= 11 is 5.90. The third-order valence-corrected chi connectivity index (χ3v) is 4.93. The van der Waals surface area contributed by atoms with Gasteiger partial charge in [0.05, 0.1) is 0 Å². The Labute approximate surface area is 140 Å². The molecule has 2 aliphatic heterocycles. The highest BCUT2D eigenvalue weighted by molar-refractivity contribution is 6.30. The molecule has 1 aromatic rings. The van der Waals surface area contributed by atoms with Gasteiger partial charge in [0.2, 0.25) is 11.8 Å². The van der Waals surface area contributed by atoms with Crippen LogP contribution in [0.5, 0.6) is 0 Å². The van der Waals surface area contributed by atoms with E-state index in [1.54, 1.807) is 0 Å². The zero-order valence-corrected chi connectivity index (χ0v) is 13.6. The molecule has 2 fully saturated rings. The minimum atomic E-state index is -0.263. The fourth-order valence-corrected chi connectivity index (χ4v) is 3.36. The van der Waals surface area contributed by atoms with Crippen LogP contribution >= 0.6 is 11.6 Å². The van der Waals surface area contributed by atoms with E-state index in [9.17, 15) is 9.59 Å². The Bertz CT molecular complexity index is 584. The maximum Gasteiger partial charge on any atom is 0.241 e.